The van der Waals surface area contributed by atoms with Crippen molar-refractivity contribution < 1.29 is 0 Å². The number of allylic oxidation sites excluding steroid dienone is 1. The lowest BCUT2D eigenvalue weighted by molar-refractivity contribution is 0.425. The van der Waals surface area contributed by atoms with E-state index < -0.39 is 0 Å². The maximum atomic E-state index is 5.91. The second-order valence-corrected chi connectivity index (χ2v) is 5.33. The summed E-state index contributed by atoms with van der Waals surface area (Å²) < 4.78 is 2.13. The molecule has 0 fully saturated rings. The Morgan fingerprint density at radius 2 is 2.22 bits per heavy atom. The van der Waals surface area contributed by atoms with Crippen molar-refractivity contribution >= 4 is 0 Å². The summed E-state index contributed by atoms with van der Waals surface area (Å²) >= 11 is 0. The van der Waals surface area contributed by atoms with E-state index in [1.54, 1.807) is 0 Å². The van der Waals surface area contributed by atoms with Crippen molar-refractivity contribution in [2.75, 3.05) is 0 Å². The highest BCUT2D eigenvalue weighted by Crippen LogP contribution is 2.21. The van der Waals surface area contributed by atoms with E-state index in [0.29, 0.717) is 12.1 Å². The van der Waals surface area contributed by atoms with Crippen LogP contribution in [0.2, 0.25) is 0 Å². The Bertz CT molecular complexity index is 402. The molecule has 0 aromatic carbocycles. The summed E-state index contributed by atoms with van der Waals surface area (Å²) in [4.78, 5) is 0. The van der Waals surface area contributed by atoms with Gasteiger partial charge in [-0.25, -0.2) is 0 Å². The summed E-state index contributed by atoms with van der Waals surface area (Å²) in [5.74, 6) is 0. The molecule has 1 atom stereocenters. The molecule has 1 aromatic heterocycles. The number of nitrogens with two attached hydrogens (primary N) is 1. The van der Waals surface area contributed by atoms with Crippen LogP contribution in [0.5, 0.6) is 0 Å². The number of hydrogen-bond acceptors (Lipinski definition) is 2. The van der Waals surface area contributed by atoms with Crippen molar-refractivity contribution in [3.05, 3.63) is 29.6 Å². The van der Waals surface area contributed by atoms with Crippen LogP contribution >= 0.6 is 0 Å². The number of hydrogen-bond donors (Lipinski definition) is 1. The van der Waals surface area contributed by atoms with Gasteiger partial charge in [0.05, 0.1) is 11.7 Å². The van der Waals surface area contributed by atoms with E-state index in [9.17, 15) is 0 Å². The fraction of sp³-hybridized carbons (Fsp3) is 0.667. The third kappa shape index (κ3) is 3.22. The monoisotopic (exact) mass is 247 g/mol. The molecule has 0 spiro atoms. The third-order valence-corrected chi connectivity index (χ3v) is 3.93. The molecule has 2 N–H and O–H groups in total. The van der Waals surface area contributed by atoms with Gasteiger partial charge in [0, 0.05) is 18.7 Å². The summed E-state index contributed by atoms with van der Waals surface area (Å²) in [6.07, 6.45) is 11.0. The molecule has 1 heterocycles. The Balaban J connectivity index is 1.98. The smallest absolute Gasteiger partial charge is 0.0665 e. The Morgan fingerprint density at radius 1 is 1.44 bits per heavy atom. The fourth-order valence-corrected chi connectivity index (χ4v) is 2.64. The molecule has 1 aliphatic rings. The summed E-state index contributed by atoms with van der Waals surface area (Å²) in [6, 6.07) is 3.08. The minimum Gasteiger partial charge on any atom is -0.327 e. The van der Waals surface area contributed by atoms with Gasteiger partial charge in [-0.2, -0.15) is 5.10 Å². The van der Waals surface area contributed by atoms with Gasteiger partial charge in [-0.05, 0) is 38.2 Å². The molecular weight excluding hydrogens is 222 g/mol. The molecule has 3 heteroatoms. The minimum atomic E-state index is 0.371. The third-order valence-electron chi connectivity index (χ3n) is 3.93. The number of aromatic nitrogens is 2. The van der Waals surface area contributed by atoms with Crippen molar-refractivity contribution in [3.8, 4) is 0 Å². The van der Waals surface area contributed by atoms with E-state index in [0.717, 1.165) is 38.5 Å². The van der Waals surface area contributed by atoms with E-state index in [-0.39, 0.29) is 0 Å². The lowest BCUT2D eigenvalue weighted by atomic mass is 9.93. The van der Waals surface area contributed by atoms with Gasteiger partial charge >= 0.3 is 0 Å². The van der Waals surface area contributed by atoms with Crippen LogP contribution in [0.4, 0.5) is 0 Å². The van der Waals surface area contributed by atoms with Crippen LogP contribution in [0, 0.1) is 0 Å². The zero-order valence-corrected chi connectivity index (χ0v) is 11.6. The summed E-state index contributed by atoms with van der Waals surface area (Å²) in [6.45, 7) is 4.45. The normalized spacial score (nSPS) is 20.2. The molecule has 0 bridgehead atoms. The number of nitrogens with zero attached hydrogens (tertiary/aromatic N) is 2. The first-order valence-corrected chi connectivity index (χ1v) is 7.20. The van der Waals surface area contributed by atoms with Crippen LogP contribution < -0.4 is 5.73 Å². The molecule has 1 aromatic rings. The molecule has 1 aliphatic carbocycles. The lowest BCUT2D eigenvalue weighted by Crippen LogP contribution is -2.22. The predicted octanol–water partition coefficient (Wildman–Crippen LogP) is 3.22. The molecule has 0 amide bonds. The first-order valence-electron chi connectivity index (χ1n) is 7.20. The second-order valence-electron chi connectivity index (χ2n) is 5.33. The van der Waals surface area contributed by atoms with E-state index in [1.165, 1.54) is 11.3 Å². The zero-order chi connectivity index (χ0) is 13.0. The minimum absolute atomic E-state index is 0.371. The molecule has 100 valence electrons. The van der Waals surface area contributed by atoms with E-state index in [4.69, 9.17) is 10.8 Å². The average Bonchev–Trinajstić information content (AvgIpc) is 2.82. The largest absolute Gasteiger partial charge is 0.327 e. The molecule has 2 rings (SSSR count). The van der Waals surface area contributed by atoms with Crippen molar-refractivity contribution in [3.63, 3.8) is 0 Å². The highest BCUT2D eigenvalue weighted by Gasteiger charge is 2.13. The zero-order valence-electron chi connectivity index (χ0n) is 11.6. The Kier molecular flexibility index (Phi) is 4.59. The Morgan fingerprint density at radius 3 is 2.83 bits per heavy atom. The molecule has 3 nitrogen and oxygen atoms in total. The standard InChI is InChI=1S/C15H25N3/c1-3-15(4-2)18-10-9-14(17-18)11-12-5-7-13(16)8-6-12/h5,9-10,13,15H,3-4,6-8,11,16H2,1-2H3. The van der Waals surface area contributed by atoms with Gasteiger partial charge in [-0.3, -0.25) is 4.68 Å². The molecule has 0 saturated carbocycles. The summed E-state index contributed by atoms with van der Waals surface area (Å²) in [5, 5.41) is 4.71. The van der Waals surface area contributed by atoms with Crippen LogP contribution in [-0.4, -0.2) is 15.8 Å². The van der Waals surface area contributed by atoms with Gasteiger partial charge < -0.3 is 5.73 Å². The first-order chi connectivity index (χ1) is 8.72. The van der Waals surface area contributed by atoms with Crippen LogP contribution in [0.25, 0.3) is 0 Å². The van der Waals surface area contributed by atoms with Gasteiger partial charge in [-0.1, -0.05) is 25.5 Å². The highest BCUT2D eigenvalue weighted by atomic mass is 15.3. The molecule has 0 aliphatic heterocycles. The molecule has 0 radical (unpaired) electrons. The van der Waals surface area contributed by atoms with Gasteiger partial charge in [0.2, 0.25) is 0 Å². The van der Waals surface area contributed by atoms with Crippen molar-refractivity contribution in [1.29, 1.82) is 0 Å². The van der Waals surface area contributed by atoms with Crippen molar-refractivity contribution in [1.82, 2.24) is 9.78 Å². The van der Waals surface area contributed by atoms with E-state index in [1.807, 2.05) is 0 Å². The Hall–Kier alpha value is -1.09. The molecule has 18 heavy (non-hydrogen) atoms. The van der Waals surface area contributed by atoms with Gasteiger partial charge in [0.1, 0.15) is 0 Å². The fourth-order valence-electron chi connectivity index (χ4n) is 2.64. The number of rotatable bonds is 5. The second kappa shape index (κ2) is 6.19. The van der Waals surface area contributed by atoms with E-state index >= 15 is 0 Å². The van der Waals surface area contributed by atoms with Crippen LogP contribution in [0.3, 0.4) is 0 Å². The maximum Gasteiger partial charge on any atom is 0.0665 e. The van der Waals surface area contributed by atoms with Crippen LogP contribution in [0.1, 0.15) is 57.7 Å². The first kappa shape index (κ1) is 13.3. The molecule has 1 unspecified atom stereocenters. The average molecular weight is 247 g/mol. The Labute approximate surface area is 110 Å². The van der Waals surface area contributed by atoms with E-state index in [2.05, 4.69) is 36.9 Å². The summed E-state index contributed by atoms with van der Waals surface area (Å²) in [5.41, 5.74) is 8.61. The molecular formula is C15H25N3. The van der Waals surface area contributed by atoms with Crippen LogP contribution in [0.15, 0.2) is 23.9 Å². The SMILES string of the molecule is CCC(CC)n1ccc(CC2=CCC(N)CC2)n1. The maximum absolute atomic E-state index is 5.91. The van der Waals surface area contributed by atoms with Crippen molar-refractivity contribution in [2.45, 2.75) is 64.5 Å². The lowest BCUT2D eigenvalue weighted by Gasteiger charge is -2.17. The van der Waals surface area contributed by atoms with Gasteiger partial charge in [0.15, 0.2) is 0 Å². The highest BCUT2D eigenvalue weighted by molar-refractivity contribution is 5.16. The van der Waals surface area contributed by atoms with Crippen molar-refractivity contribution in [2.24, 2.45) is 5.73 Å². The topological polar surface area (TPSA) is 43.8 Å². The molecule has 0 saturated heterocycles. The quantitative estimate of drug-likeness (QED) is 0.812. The predicted molar refractivity (Wildman–Crippen MR) is 75.5 cm³/mol. The summed E-state index contributed by atoms with van der Waals surface area (Å²) in [7, 11) is 0. The van der Waals surface area contributed by atoms with Gasteiger partial charge in [-0.15, -0.1) is 0 Å². The van der Waals surface area contributed by atoms with Crippen LogP contribution in [-0.2, 0) is 6.42 Å². The van der Waals surface area contributed by atoms with Gasteiger partial charge in [0.25, 0.3) is 0 Å².